The van der Waals surface area contributed by atoms with Crippen LogP contribution in [0.5, 0.6) is 0 Å². The number of carbonyl (C=O) groups is 4. The highest BCUT2D eigenvalue weighted by atomic mass is 16.2. The van der Waals surface area contributed by atoms with E-state index in [9.17, 15) is 19.2 Å². The van der Waals surface area contributed by atoms with Crippen LogP contribution in [-0.4, -0.2) is 34.6 Å². The fourth-order valence-corrected chi connectivity index (χ4v) is 4.39. The van der Waals surface area contributed by atoms with Crippen LogP contribution in [-0.2, 0) is 27.3 Å². The quantitative estimate of drug-likeness (QED) is 0.626. The van der Waals surface area contributed by atoms with Crippen LogP contribution in [0, 0.1) is 0 Å². The molecule has 3 aromatic carbocycles. The zero-order chi connectivity index (χ0) is 22.2. The highest BCUT2D eigenvalue weighted by Gasteiger charge is 2.39. The second-order valence-corrected chi connectivity index (χ2v) is 8.18. The first kappa shape index (κ1) is 19.9. The molecule has 160 valence electrons. The van der Waals surface area contributed by atoms with E-state index in [1.54, 1.807) is 18.2 Å². The minimum Gasteiger partial charge on any atom is -0.326 e. The number of hydrogen-bond donors (Lipinski definition) is 2. The van der Waals surface area contributed by atoms with Gasteiger partial charge in [-0.05, 0) is 46.5 Å². The number of rotatable bonds is 4. The summed E-state index contributed by atoms with van der Waals surface area (Å²) in [6.45, 7) is 0.273. The number of nitrogens with one attached hydrogen (secondary N) is 2. The molecule has 1 atom stereocenters. The Bertz CT molecular complexity index is 1280. The van der Waals surface area contributed by atoms with E-state index in [1.165, 1.54) is 4.90 Å². The van der Waals surface area contributed by atoms with E-state index < -0.39 is 11.9 Å². The summed E-state index contributed by atoms with van der Waals surface area (Å²) in [5, 5.41) is 7.41. The molecule has 0 radical (unpaired) electrons. The second-order valence-electron chi connectivity index (χ2n) is 8.18. The van der Waals surface area contributed by atoms with Gasteiger partial charge in [0.05, 0.1) is 6.42 Å². The lowest BCUT2D eigenvalue weighted by molar-refractivity contribution is -0.137. The summed E-state index contributed by atoms with van der Waals surface area (Å²) in [4.78, 5) is 50.4. The zero-order valence-electron chi connectivity index (χ0n) is 17.3. The molecule has 0 aliphatic carbocycles. The molecule has 2 aliphatic heterocycles. The van der Waals surface area contributed by atoms with Gasteiger partial charge in [0.2, 0.25) is 17.7 Å². The average molecular weight is 427 g/mol. The summed E-state index contributed by atoms with van der Waals surface area (Å²) in [5.74, 6) is -1.13. The van der Waals surface area contributed by atoms with Gasteiger partial charge in [-0.2, -0.15) is 0 Å². The number of piperidine rings is 1. The molecule has 0 saturated carbocycles. The Balaban J connectivity index is 1.28. The third-order valence-corrected chi connectivity index (χ3v) is 5.99. The monoisotopic (exact) mass is 427 g/mol. The van der Waals surface area contributed by atoms with Gasteiger partial charge in [0.25, 0.3) is 5.91 Å². The lowest BCUT2D eigenvalue weighted by Gasteiger charge is -2.29. The lowest BCUT2D eigenvalue weighted by Crippen LogP contribution is -2.52. The fourth-order valence-electron chi connectivity index (χ4n) is 4.39. The summed E-state index contributed by atoms with van der Waals surface area (Å²) >= 11 is 0. The topological polar surface area (TPSA) is 95.6 Å². The molecule has 2 heterocycles. The molecule has 2 aliphatic rings. The summed E-state index contributed by atoms with van der Waals surface area (Å²) in [6, 6.07) is 18.4. The van der Waals surface area contributed by atoms with Crippen LogP contribution in [0.25, 0.3) is 10.8 Å². The Kier molecular flexibility index (Phi) is 4.93. The van der Waals surface area contributed by atoms with E-state index in [1.807, 2.05) is 42.5 Å². The molecule has 4 amide bonds. The van der Waals surface area contributed by atoms with Crippen molar-refractivity contribution in [2.45, 2.75) is 31.8 Å². The van der Waals surface area contributed by atoms with Crippen molar-refractivity contribution in [3.63, 3.8) is 0 Å². The number of nitrogens with zero attached hydrogens (tertiary/aromatic N) is 1. The molecular weight excluding hydrogens is 406 g/mol. The maximum atomic E-state index is 12.8. The molecule has 0 spiro atoms. The number of fused-ring (bicyclic) bond motifs is 2. The number of amides is 4. The van der Waals surface area contributed by atoms with Crippen LogP contribution < -0.4 is 10.6 Å². The maximum absolute atomic E-state index is 12.8. The van der Waals surface area contributed by atoms with Crippen LogP contribution in [0.4, 0.5) is 5.69 Å². The van der Waals surface area contributed by atoms with Gasteiger partial charge in [0.15, 0.2) is 0 Å². The molecule has 1 fully saturated rings. The van der Waals surface area contributed by atoms with Gasteiger partial charge in [-0.25, -0.2) is 0 Å². The van der Waals surface area contributed by atoms with Gasteiger partial charge < -0.3 is 10.2 Å². The van der Waals surface area contributed by atoms with Crippen molar-refractivity contribution >= 4 is 40.1 Å². The number of carbonyl (C=O) groups excluding carboxylic acids is 4. The van der Waals surface area contributed by atoms with E-state index in [4.69, 9.17) is 0 Å². The van der Waals surface area contributed by atoms with Crippen LogP contribution in [0.2, 0.25) is 0 Å². The van der Waals surface area contributed by atoms with Crippen LogP contribution >= 0.6 is 0 Å². The third kappa shape index (κ3) is 3.73. The molecule has 2 N–H and O–H groups in total. The van der Waals surface area contributed by atoms with Gasteiger partial charge in [0, 0.05) is 24.2 Å². The van der Waals surface area contributed by atoms with Crippen molar-refractivity contribution in [1.82, 2.24) is 10.2 Å². The molecule has 1 unspecified atom stereocenters. The van der Waals surface area contributed by atoms with Crippen molar-refractivity contribution in [2.24, 2.45) is 0 Å². The predicted molar refractivity (Wildman–Crippen MR) is 119 cm³/mol. The normalized spacial score (nSPS) is 17.9. The summed E-state index contributed by atoms with van der Waals surface area (Å²) in [5.41, 5.74) is 2.79. The van der Waals surface area contributed by atoms with Crippen molar-refractivity contribution in [1.29, 1.82) is 0 Å². The minimum absolute atomic E-state index is 0.147. The number of hydrogen-bond acceptors (Lipinski definition) is 4. The molecule has 5 rings (SSSR count). The smallest absolute Gasteiger partial charge is 0.255 e. The Morgan fingerprint density at radius 2 is 1.81 bits per heavy atom. The number of anilines is 1. The first-order valence-electron chi connectivity index (χ1n) is 10.5. The first-order valence-corrected chi connectivity index (χ1v) is 10.5. The van der Waals surface area contributed by atoms with Gasteiger partial charge in [-0.1, -0.05) is 42.5 Å². The zero-order valence-corrected chi connectivity index (χ0v) is 17.3. The molecule has 7 heteroatoms. The van der Waals surface area contributed by atoms with Gasteiger partial charge in [-0.15, -0.1) is 0 Å². The number of imide groups is 1. The summed E-state index contributed by atoms with van der Waals surface area (Å²) in [6.07, 6.45) is 0.773. The van der Waals surface area contributed by atoms with E-state index >= 15 is 0 Å². The second kappa shape index (κ2) is 7.92. The Hall–Kier alpha value is -4.00. The Labute approximate surface area is 184 Å². The summed E-state index contributed by atoms with van der Waals surface area (Å²) < 4.78 is 0. The van der Waals surface area contributed by atoms with Crippen LogP contribution in [0.1, 0.15) is 34.3 Å². The average Bonchev–Trinajstić information content (AvgIpc) is 3.09. The van der Waals surface area contributed by atoms with Crippen molar-refractivity contribution < 1.29 is 19.2 Å². The molecule has 0 bridgehead atoms. The predicted octanol–water partition coefficient (Wildman–Crippen LogP) is 2.78. The molecule has 7 nitrogen and oxygen atoms in total. The van der Waals surface area contributed by atoms with Crippen molar-refractivity contribution in [3.05, 3.63) is 77.4 Å². The Morgan fingerprint density at radius 3 is 2.62 bits per heavy atom. The molecule has 1 saturated heterocycles. The standard InChI is InChI=1S/C25H21N3O4/c29-22-10-9-21(24(31)27-22)28-14-18-13-19(7-8-20(18)25(28)32)26-23(30)12-15-5-6-16-3-1-2-4-17(16)11-15/h1-8,11,13,21H,9-10,12,14H2,(H,26,30)(H,27,29,31). The highest BCUT2D eigenvalue weighted by molar-refractivity contribution is 6.05. The van der Waals surface area contributed by atoms with Gasteiger partial charge in [-0.3, -0.25) is 24.5 Å². The molecule has 0 aromatic heterocycles. The van der Waals surface area contributed by atoms with Crippen molar-refractivity contribution in [3.8, 4) is 0 Å². The van der Waals surface area contributed by atoms with Crippen molar-refractivity contribution in [2.75, 3.05) is 5.32 Å². The molecular formula is C25H21N3O4. The maximum Gasteiger partial charge on any atom is 0.255 e. The molecule has 32 heavy (non-hydrogen) atoms. The van der Waals surface area contributed by atoms with Crippen LogP contribution in [0.15, 0.2) is 60.7 Å². The van der Waals surface area contributed by atoms with E-state index in [-0.39, 0.29) is 37.1 Å². The fraction of sp³-hybridized carbons (Fsp3) is 0.200. The first-order chi connectivity index (χ1) is 15.5. The van der Waals surface area contributed by atoms with E-state index in [2.05, 4.69) is 10.6 Å². The highest BCUT2D eigenvalue weighted by Crippen LogP contribution is 2.29. The minimum atomic E-state index is -0.654. The van der Waals surface area contributed by atoms with Gasteiger partial charge in [0.1, 0.15) is 6.04 Å². The molecule has 3 aromatic rings. The van der Waals surface area contributed by atoms with E-state index in [0.717, 1.165) is 21.9 Å². The lowest BCUT2D eigenvalue weighted by atomic mass is 10.0. The summed E-state index contributed by atoms with van der Waals surface area (Å²) in [7, 11) is 0. The van der Waals surface area contributed by atoms with Crippen LogP contribution in [0.3, 0.4) is 0 Å². The third-order valence-electron chi connectivity index (χ3n) is 5.99. The Morgan fingerprint density at radius 1 is 1.00 bits per heavy atom. The van der Waals surface area contributed by atoms with E-state index in [0.29, 0.717) is 17.7 Å². The largest absolute Gasteiger partial charge is 0.326 e. The van der Waals surface area contributed by atoms with Gasteiger partial charge >= 0.3 is 0 Å². The number of benzene rings is 3. The SMILES string of the molecule is O=C1CCC(N2Cc3cc(NC(=O)Cc4ccc5ccccc5c4)ccc3C2=O)C(=O)N1.